The summed E-state index contributed by atoms with van der Waals surface area (Å²) in [4.78, 5) is 16.9. The van der Waals surface area contributed by atoms with E-state index >= 15 is 0 Å². The standard InChI is InChI=1S/C17H17ClN2O3S/c18-13-3-5-15(6-4-13)24(22,23)17(9-1-2-10-17)16(21)20-14-7-11-19-12-8-14/h3-8,11-12H,1-2,9-10H2,(H,19,20,21). The topological polar surface area (TPSA) is 76.1 Å². The van der Waals surface area contributed by atoms with Gasteiger partial charge in [-0.3, -0.25) is 9.78 Å². The molecule has 1 aromatic carbocycles. The number of amides is 1. The van der Waals surface area contributed by atoms with E-state index < -0.39 is 20.5 Å². The Morgan fingerprint density at radius 3 is 2.21 bits per heavy atom. The van der Waals surface area contributed by atoms with E-state index in [0.29, 0.717) is 36.4 Å². The first kappa shape index (κ1) is 16.9. The number of hydrogen-bond donors (Lipinski definition) is 1. The molecular weight excluding hydrogens is 348 g/mol. The number of sulfone groups is 1. The van der Waals surface area contributed by atoms with Gasteiger partial charge in [-0.15, -0.1) is 0 Å². The van der Waals surface area contributed by atoms with Gasteiger partial charge in [0.1, 0.15) is 0 Å². The van der Waals surface area contributed by atoms with E-state index in [9.17, 15) is 13.2 Å². The third-order valence-electron chi connectivity index (χ3n) is 4.40. The van der Waals surface area contributed by atoms with Crippen molar-refractivity contribution < 1.29 is 13.2 Å². The third-order valence-corrected chi connectivity index (χ3v) is 7.17. The molecule has 1 aliphatic rings. The Kier molecular flexibility index (Phi) is 4.60. The number of benzene rings is 1. The van der Waals surface area contributed by atoms with Crippen molar-refractivity contribution >= 4 is 33.0 Å². The molecule has 1 fully saturated rings. The van der Waals surface area contributed by atoms with Crippen LogP contribution < -0.4 is 5.32 Å². The first-order valence-corrected chi connectivity index (χ1v) is 9.53. The molecule has 2 aromatic rings. The summed E-state index contributed by atoms with van der Waals surface area (Å²) < 4.78 is 24.9. The molecule has 1 aliphatic carbocycles. The first-order chi connectivity index (χ1) is 11.5. The largest absolute Gasteiger partial charge is 0.325 e. The highest BCUT2D eigenvalue weighted by atomic mass is 35.5. The molecule has 1 aromatic heterocycles. The van der Waals surface area contributed by atoms with Gasteiger partial charge in [0.25, 0.3) is 0 Å². The number of aromatic nitrogens is 1. The average molecular weight is 365 g/mol. The molecule has 0 bridgehead atoms. The molecule has 1 heterocycles. The maximum atomic E-state index is 13.2. The second-order valence-electron chi connectivity index (χ2n) is 5.85. The minimum atomic E-state index is -3.82. The zero-order chi connectivity index (χ0) is 17.2. The van der Waals surface area contributed by atoms with Crippen molar-refractivity contribution in [2.24, 2.45) is 0 Å². The van der Waals surface area contributed by atoms with Crippen molar-refractivity contribution in [3.63, 3.8) is 0 Å². The van der Waals surface area contributed by atoms with Crippen LogP contribution in [-0.2, 0) is 14.6 Å². The van der Waals surface area contributed by atoms with E-state index in [1.807, 2.05) is 0 Å². The zero-order valence-electron chi connectivity index (χ0n) is 12.9. The molecule has 1 amide bonds. The van der Waals surface area contributed by atoms with Gasteiger partial charge < -0.3 is 5.32 Å². The van der Waals surface area contributed by atoms with Crippen LogP contribution >= 0.6 is 11.6 Å². The molecule has 7 heteroatoms. The van der Waals surface area contributed by atoms with Crippen LogP contribution in [0, 0.1) is 0 Å². The van der Waals surface area contributed by atoms with E-state index in [2.05, 4.69) is 10.3 Å². The molecule has 0 unspecified atom stereocenters. The van der Waals surface area contributed by atoms with Gasteiger partial charge in [0.15, 0.2) is 14.6 Å². The highest BCUT2D eigenvalue weighted by Crippen LogP contribution is 2.41. The highest BCUT2D eigenvalue weighted by Gasteiger charge is 2.52. The van der Waals surface area contributed by atoms with Gasteiger partial charge in [-0.2, -0.15) is 0 Å². The molecule has 24 heavy (non-hydrogen) atoms. The minimum Gasteiger partial charge on any atom is -0.325 e. The van der Waals surface area contributed by atoms with E-state index in [1.54, 1.807) is 24.5 Å². The summed E-state index contributed by atoms with van der Waals surface area (Å²) in [6.45, 7) is 0. The first-order valence-electron chi connectivity index (χ1n) is 7.67. The molecule has 0 aliphatic heterocycles. The third kappa shape index (κ3) is 2.91. The predicted molar refractivity (Wildman–Crippen MR) is 92.7 cm³/mol. The van der Waals surface area contributed by atoms with Gasteiger partial charge in [-0.25, -0.2) is 8.42 Å². The summed E-state index contributed by atoms with van der Waals surface area (Å²) in [5.74, 6) is -0.485. The molecular formula is C17H17ClN2O3S. The highest BCUT2D eigenvalue weighted by molar-refractivity contribution is 7.93. The van der Waals surface area contributed by atoms with Crippen LogP contribution in [0.2, 0.25) is 5.02 Å². The van der Waals surface area contributed by atoms with Gasteiger partial charge >= 0.3 is 0 Å². The van der Waals surface area contributed by atoms with Crippen molar-refractivity contribution in [2.45, 2.75) is 35.3 Å². The fourth-order valence-electron chi connectivity index (χ4n) is 3.08. The second kappa shape index (κ2) is 6.53. The number of carbonyl (C=O) groups excluding carboxylic acids is 1. The van der Waals surface area contributed by atoms with E-state index in [0.717, 1.165) is 0 Å². The maximum Gasteiger partial charge on any atom is 0.246 e. The van der Waals surface area contributed by atoms with Crippen LogP contribution in [0.5, 0.6) is 0 Å². The number of nitrogens with one attached hydrogen (secondary N) is 1. The van der Waals surface area contributed by atoms with Crippen LogP contribution in [0.25, 0.3) is 0 Å². The van der Waals surface area contributed by atoms with Gasteiger partial charge in [0.05, 0.1) is 4.90 Å². The van der Waals surface area contributed by atoms with Crippen LogP contribution in [0.15, 0.2) is 53.7 Å². The zero-order valence-corrected chi connectivity index (χ0v) is 14.5. The van der Waals surface area contributed by atoms with Gasteiger partial charge in [-0.1, -0.05) is 24.4 Å². The number of nitrogens with zero attached hydrogens (tertiary/aromatic N) is 1. The fraction of sp³-hybridized carbons (Fsp3) is 0.294. The van der Waals surface area contributed by atoms with Crippen molar-refractivity contribution in [2.75, 3.05) is 5.32 Å². The molecule has 0 saturated heterocycles. The summed E-state index contributed by atoms with van der Waals surface area (Å²) in [6, 6.07) is 9.23. The molecule has 126 valence electrons. The summed E-state index contributed by atoms with van der Waals surface area (Å²) in [7, 11) is -3.82. The Morgan fingerprint density at radius 2 is 1.62 bits per heavy atom. The summed E-state index contributed by atoms with van der Waals surface area (Å²) in [5, 5.41) is 3.18. The van der Waals surface area contributed by atoms with E-state index in [1.165, 1.54) is 24.3 Å². The van der Waals surface area contributed by atoms with Crippen LogP contribution in [0.3, 0.4) is 0 Å². The fourth-order valence-corrected chi connectivity index (χ4v) is 5.28. The normalized spacial score (nSPS) is 16.7. The Balaban J connectivity index is 1.98. The van der Waals surface area contributed by atoms with E-state index in [4.69, 9.17) is 11.6 Å². The Hall–Kier alpha value is -1.92. The van der Waals surface area contributed by atoms with Crippen molar-refractivity contribution in [3.8, 4) is 0 Å². The lowest BCUT2D eigenvalue weighted by molar-refractivity contribution is -0.118. The van der Waals surface area contributed by atoms with Gasteiger partial charge in [0.2, 0.25) is 5.91 Å². The summed E-state index contributed by atoms with van der Waals surface area (Å²) in [5.41, 5.74) is 0.535. The molecule has 0 radical (unpaired) electrons. The molecule has 0 spiro atoms. The monoisotopic (exact) mass is 364 g/mol. The summed E-state index contributed by atoms with van der Waals surface area (Å²) in [6.07, 6.45) is 5.13. The number of hydrogen-bond acceptors (Lipinski definition) is 4. The van der Waals surface area contributed by atoms with Crippen LogP contribution in [-0.4, -0.2) is 24.1 Å². The Labute approximate surface area is 146 Å². The molecule has 1 saturated carbocycles. The van der Waals surface area contributed by atoms with Crippen LogP contribution in [0.1, 0.15) is 25.7 Å². The number of rotatable bonds is 4. The molecule has 1 N–H and O–H groups in total. The number of anilines is 1. The van der Waals surface area contributed by atoms with Crippen LogP contribution in [0.4, 0.5) is 5.69 Å². The smallest absolute Gasteiger partial charge is 0.246 e. The number of halogens is 1. The number of carbonyl (C=O) groups is 1. The van der Waals surface area contributed by atoms with Crippen molar-refractivity contribution in [3.05, 3.63) is 53.8 Å². The van der Waals surface area contributed by atoms with E-state index in [-0.39, 0.29) is 4.90 Å². The van der Waals surface area contributed by atoms with Crippen molar-refractivity contribution in [1.29, 1.82) is 0 Å². The molecule has 0 atom stereocenters. The minimum absolute atomic E-state index is 0.124. The SMILES string of the molecule is O=C(Nc1ccncc1)C1(S(=O)(=O)c2ccc(Cl)cc2)CCCC1. The lowest BCUT2D eigenvalue weighted by atomic mass is 10.1. The Morgan fingerprint density at radius 1 is 1.04 bits per heavy atom. The second-order valence-corrected chi connectivity index (χ2v) is 8.54. The summed E-state index contributed by atoms with van der Waals surface area (Å²) >= 11 is 5.85. The predicted octanol–water partition coefficient (Wildman–Crippen LogP) is 3.46. The lowest BCUT2D eigenvalue weighted by Crippen LogP contribution is -2.47. The quantitative estimate of drug-likeness (QED) is 0.901. The van der Waals surface area contributed by atoms with Gasteiger partial charge in [0, 0.05) is 23.1 Å². The lowest BCUT2D eigenvalue weighted by Gasteiger charge is -2.27. The molecule has 5 nitrogen and oxygen atoms in total. The van der Waals surface area contributed by atoms with Gasteiger partial charge in [-0.05, 0) is 49.2 Å². The number of pyridine rings is 1. The Bertz CT molecular complexity index is 830. The maximum absolute atomic E-state index is 13.2. The molecule has 3 rings (SSSR count). The van der Waals surface area contributed by atoms with Crippen molar-refractivity contribution in [1.82, 2.24) is 4.98 Å². The average Bonchev–Trinajstić information content (AvgIpc) is 3.08.